The standard InChI is InChI=1S/C13H18BrNOS/c1-9-6-7-17-12(9)13(16)15-8-10-2-4-11(14)5-3-10/h6-7,10-11H,2-5,8H2,1H3,(H,15,16). The first-order valence-electron chi connectivity index (χ1n) is 6.13. The lowest BCUT2D eigenvalue weighted by Gasteiger charge is -2.25. The number of hydrogen-bond acceptors (Lipinski definition) is 2. The first-order chi connectivity index (χ1) is 8.16. The molecule has 17 heavy (non-hydrogen) atoms. The maximum absolute atomic E-state index is 11.9. The first-order valence-corrected chi connectivity index (χ1v) is 7.92. The molecule has 1 amide bonds. The van der Waals surface area contributed by atoms with Crippen molar-refractivity contribution in [3.63, 3.8) is 0 Å². The molecule has 1 aromatic rings. The van der Waals surface area contributed by atoms with Gasteiger partial charge in [-0.1, -0.05) is 15.9 Å². The van der Waals surface area contributed by atoms with Crippen molar-refractivity contribution in [2.24, 2.45) is 5.92 Å². The van der Waals surface area contributed by atoms with Crippen LogP contribution in [0.3, 0.4) is 0 Å². The predicted molar refractivity (Wildman–Crippen MR) is 76.1 cm³/mol. The second-order valence-electron chi connectivity index (χ2n) is 4.76. The van der Waals surface area contributed by atoms with Gasteiger partial charge < -0.3 is 5.32 Å². The highest BCUT2D eigenvalue weighted by Crippen LogP contribution is 2.28. The number of halogens is 1. The molecule has 1 N–H and O–H groups in total. The molecule has 0 aromatic carbocycles. The zero-order chi connectivity index (χ0) is 12.3. The van der Waals surface area contributed by atoms with Crippen molar-refractivity contribution in [3.8, 4) is 0 Å². The second-order valence-corrected chi connectivity index (χ2v) is 6.97. The topological polar surface area (TPSA) is 29.1 Å². The number of carbonyl (C=O) groups is 1. The van der Waals surface area contributed by atoms with E-state index >= 15 is 0 Å². The van der Waals surface area contributed by atoms with Gasteiger partial charge in [0.1, 0.15) is 0 Å². The summed E-state index contributed by atoms with van der Waals surface area (Å²) >= 11 is 5.18. The second kappa shape index (κ2) is 6.01. The summed E-state index contributed by atoms with van der Waals surface area (Å²) in [5.74, 6) is 0.756. The summed E-state index contributed by atoms with van der Waals surface area (Å²) in [7, 11) is 0. The maximum atomic E-state index is 11.9. The van der Waals surface area contributed by atoms with E-state index in [4.69, 9.17) is 0 Å². The van der Waals surface area contributed by atoms with Crippen molar-refractivity contribution in [2.75, 3.05) is 6.54 Å². The molecule has 0 saturated heterocycles. The molecular formula is C13H18BrNOS. The smallest absolute Gasteiger partial charge is 0.261 e. The molecule has 0 aliphatic heterocycles. The summed E-state index contributed by atoms with van der Waals surface area (Å²) in [5, 5.41) is 5.04. The number of carbonyl (C=O) groups excluding carboxylic acids is 1. The molecule has 2 nitrogen and oxygen atoms in total. The van der Waals surface area contributed by atoms with Crippen LogP contribution in [0, 0.1) is 12.8 Å². The average Bonchev–Trinajstić information content (AvgIpc) is 2.74. The summed E-state index contributed by atoms with van der Waals surface area (Å²) in [6, 6.07) is 2.00. The van der Waals surface area contributed by atoms with Gasteiger partial charge in [0.2, 0.25) is 0 Å². The van der Waals surface area contributed by atoms with Gasteiger partial charge in [-0.2, -0.15) is 0 Å². The lowest BCUT2D eigenvalue weighted by molar-refractivity contribution is 0.0947. The zero-order valence-electron chi connectivity index (χ0n) is 10.0. The number of aryl methyl sites for hydroxylation is 1. The van der Waals surface area contributed by atoms with Crippen molar-refractivity contribution in [3.05, 3.63) is 21.9 Å². The number of alkyl halides is 1. The maximum Gasteiger partial charge on any atom is 0.261 e. The van der Waals surface area contributed by atoms with E-state index in [1.165, 1.54) is 37.0 Å². The third kappa shape index (κ3) is 3.55. The Bertz CT molecular complexity index is 383. The molecule has 0 bridgehead atoms. The van der Waals surface area contributed by atoms with Crippen molar-refractivity contribution in [1.82, 2.24) is 5.32 Å². The fraction of sp³-hybridized carbons (Fsp3) is 0.615. The fourth-order valence-corrected chi connectivity index (χ4v) is 3.62. The van der Waals surface area contributed by atoms with E-state index in [1.54, 1.807) is 0 Å². The summed E-state index contributed by atoms with van der Waals surface area (Å²) < 4.78 is 0. The third-order valence-corrected chi connectivity index (χ3v) is 5.33. The Morgan fingerprint density at radius 2 is 2.18 bits per heavy atom. The average molecular weight is 316 g/mol. The van der Waals surface area contributed by atoms with E-state index in [0.717, 1.165) is 17.0 Å². The van der Waals surface area contributed by atoms with Crippen molar-refractivity contribution in [2.45, 2.75) is 37.4 Å². The fourth-order valence-electron chi connectivity index (χ4n) is 2.25. The van der Waals surface area contributed by atoms with E-state index in [1.807, 2.05) is 18.4 Å². The van der Waals surface area contributed by atoms with Gasteiger partial charge in [-0.15, -0.1) is 11.3 Å². The molecule has 1 aromatic heterocycles. The minimum Gasteiger partial charge on any atom is -0.351 e. The monoisotopic (exact) mass is 315 g/mol. The summed E-state index contributed by atoms with van der Waals surface area (Å²) in [4.78, 5) is 13.5. The number of nitrogens with one attached hydrogen (secondary N) is 1. The normalized spacial score (nSPS) is 24.6. The Labute approximate surface area is 115 Å². The highest BCUT2D eigenvalue weighted by atomic mass is 79.9. The third-order valence-electron chi connectivity index (χ3n) is 3.40. The van der Waals surface area contributed by atoms with Crippen molar-refractivity contribution < 1.29 is 4.79 Å². The number of thiophene rings is 1. The van der Waals surface area contributed by atoms with Gasteiger partial charge >= 0.3 is 0 Å². The van der Waals surface area contributed by atoms with E-state index in [0.29, 0.717) is 10.7 Å². The van der Waals surface area contributed by atoms with Crippen LogP contribution in [-0.4, -0.2) is 17.3 Å². The van der Waals surface area contributed by atoms with Gasteiger partial charge in [-0.3, -0.25) is 4.79 Å². The van der Waals surface area contributed by atoms with Crippen LogP contribution >= 0.6 is 27.3 Å². The molecular weight excluding hydrogens is 298 g/mol. The lowest BCUT2D eigenvalue weighted by atomic mass is 9.89. The van der Waals surface area contributed by atoms with E-state index in [2.05, 4.69) is 21.2 Å². The van der Waals surface area contributed by atoms with Gasteiger partial charge in [0, 0.05) is 11.4 Å². The Balaban J connectivity index is 1.79. The molecule has 1 fully saturated rings. The van der Waals surface area contributed by atoms with Crippen molar-refractivity contribution in [1.29, 1.82) is 0 Å². The molecule has 1 heterocycles. The number of hydrogen-bond donors (Lipinski definition) is 1. The Morgan fingerprint density at radius 1 is 1.47 bits per heavy atom. The van der Waals surface area contributed by atoms with Crippen LogP contribution in [0.1, 0.15) is 40.9 Å². The van der Waals surface area contributed by atoms with Crippen LogP contribution < -0.4 is 5.32 Å². The molecule has 1 saturated carbocycles. The van der Waals surface area contributed by atoms with Gasteiger partial charge in [-0.05, 0) is 55.5 Å². The molecule has 0 spiro atoms. The number of amides is 1. The molecule has 4 heteroatoms. The van der Waals surface area contributed by atoms with E-state index < -0.39 is 0 Å². The lowest BCUT2D eigenvalue weighted by Crippen LogP contribution is -2.31. The van der Waals surface area contributed by atoms with Gasteiger partial charge in [0.25, 0.3) is 5.91 Å². The van der Waals surface area contributed by atoms with Crippen LogP contribution in [0.2, 0.25) is 0 Å². The SMILES string of the molecule is Cc1ccsc1C(=O)NCC1CCC(Br)CC1. The van der Waals surface area contributed by atoms with Gasteiger partial charge in [-0.25, -0.2) is 0 Å². The minimum atomic E-state index is 0.0958. The quantitative estimate of drug-likeness (QED) is 0.846. The molecule has 1 aliphatic rings. The van der Waals surface area contributed by atoms with Crippen molar-refractivity contribution >= 4 is 33.2 Å². The Hall–Kier alpha value is -0.350. The summed E-state index contributed by atoms with van der Waals surface area (Å²) in [5.41, 5.74) is 1.08. The van der Waals surface area contributed by atoms with Crippen LogP contribution in [0.15, 0.2) is 11.4 Å². The first kappa shape index (κ1) is 13.1. The molecule has 0 radical (unpaired) electrons. The van der Waals surface area contributed by atoms with Crippen LogP contribution in [-0.2, 0) is 0 Å². The summed E-state index contributed by atoms with van der Waals surface area (Å²) in [6.07, 6.45) is 4.91. The zero-order valence-corrected chi connectivity index (χ0v) is 12.4. The molecule has 2 rings (SSSR count). The van der Waals surface area contributed by atoms with E-state index in [9.17, 15) is 4.79 Å². The largest absolute Gasteiger partial charge is 0.351 e. The predicted octanol–water partition coefficient (Wildman–Crippen LogP) is 3.74. The molecule has 0 unspecified atom stereocenters. The Morgan fingerprint density at radius 3 is 2.76 bits per heavy atom. The molecule has 94 valence electrons. The van der Waals surface area contributed by atoms with Crippen LogP contribution in [0.25, 0.3) is 0 Å². The highest BCUT2D eigenvalue weighted by molar-refractivity contribution is 9.09. The molecule has 1 aliphatic carbocycles. The van der Waals surface area contributed by atoms with Crippen LogP contribution in [0.4, 0.5) is 0 Å². The van der Waals surface area contributed by atoms with Gasteiger partial charge in [0.15, 0.2) is 0 Å². The summed E-state index contributed by atoms with van der Waals surface area (Å²) in [6.45, 7) is 2.82. The Kier molecular flexibility index (Phi) is 4.62. The number of rotatable bonds is 3. The highest BCUT2D eigenvalue weighted by Gasteiger charge is 2.20. The van der Waals surface area contributed by atoms with Gasteiger partial charge in [0.05, 0.1) is 4.88 Å². The molecule has 0 atom stereocenters. The minimum absolute atomic E-state index is 0.0958. The van der Waals surface area contributed by atoms with E-state index in [-0.39, 0.29) is 5.91 Å². The van der Waals surface area contributed by atoms with Crippen LogP contribution in [0.5, 0.6) is 0 Å².